The molecule has 2 fully saturated rings. The van der Waals surface area contributed by atoms with Crippen LogP contribution in [0.1, 0.15) is 19.3 Å². The molecule has 1 saturated carbocycles. The van der Waals surface area contributed by atoms with Gasteiger partial charge in [-0.05, 0) is 32.9 Å². The molecule has 2 heteroatoms. The standard InChI is InChI=1S/C8H15NO/c1-9-4-2-3-8(10)6-5-7(6)9/h6-8,10H,2-5H2,1H3. The third kappa shape index (κ3) is 0.956. The smallest absolute Gasteiger partial charge is 0.0584 e. The Morgan fingerprint density at radius 1 is 1.50 bits per heavy atom. The monoisotopic (exact) mass is 141 g/mol. The van der Waals surface area contributed by atoms with Crippen LogP contribution in [0.25, 0.3) is 0 Å². The second-order valence-electron chi connectivity index (χ2n) is 3.66. The maximum Gasteiger partial charge on any atom is 0.0584 e. The summed E-state index contributed by atoms with van der Waals surface area (Å²) in [7, 11) is 2.17. The van der Waals surface area contributed by atoms with E-state index in [0.717, 1.165) is 12.5 Å². The number of hydrogen-bond donors (Lipinski definition) is 1. The fourth-order valence-corrected chi connectivity index (χ4v) is 2.05. The summed E-state index contributed by atoms with van der Waals surface area (Å²) < 4.78 is 0. The molecular weight excluding hydrogens is 126 g/mol. The van der Waals surface area contributed by atoms with Crippen molar-refractivity contribution in [3.8, 4) is 0 Å². The first-order valence-corrected chi connectivity index (χ1v) is 4.17. The Balaban J connectivity index is 2.00. The summed E-state index contributed by atoms with van der Waals surface area (Å²) in [6, 6.07) is 0.720. The zero-order chi connectivity index (χ0) is 7.14. The third-order valence-corrected chi connectivity index (χ3v) is 2.88. The minimum atomic E-state index is 0.00921. The summed E-state index contributed by atoms with van der Waals surface area (Å²) in [5, 5.41) is 9.49. The summed E-state index contributed by atoms with van der Waals surface area (Å²) in [5.74, 6) is 0.618. The molecule has 1 aliphatic carbocycles. The van der Waals surface area contributed by atoms with E-state index in [2.05, 4.69) is 11.9 Å². The van der Waals surface area contributed by atoms with Crippen molar-refractivity contribution < 1.29 is 5.11 Å². The molecule has 0 aromatic rings. The van der Waals surface area contributed by atoms with Crippen molar-refractivity contribution in [3.05, 3.63) is 0 Å². The minimum Gasteiger partial charge on any atom is -0.393 e. The van der Waals surface area contributed by atoms with Crippen LogP contribution >= 0.6 is 0 Å². The summed E-state index contributed by atoms with van der Waals surface area (Å²) in [6.45, 7) is 1.18. The van der Waals surface area contributed by atoms with Gasteiger partial charge in [-0.15, -0.1) is 0 Å². The Morgan fingerprint density at radius 3 is 3.10 bits per heavy atom. The fourth-order valence-electron chi connectivity index (χ4n) is 2.05. The molecule has 2 rings (SSSR count). The van der Waals surface area contributed by atoms with Crippen LogP contribution in [0.4, 0.5) is 0 Å². The van der Waals surface area contributed by atoms with Gasteiger partial charge in [-0.25, -0.2) is 0 Å². The highest BCUT2D eigenvalue weighted by Crippen LogP contribution is 2.41. The normalized spacial score (nSPS) is 48.0. The van der Waals surface area contributed by atoms with Gasteiger partial charge in [0.1, 0.15) is 0 Å². The van der Waals surface area contributed by atoms with Crippen LogP contribution in [-0.2, 0) is 0 Å². The summed E-state index contributed by atoms with van der Waals surface area (Å²) in [4.78, 5) is 2.39. The molecule has 2 aliphatic rings. The SMILES string of the molecule is CN1CCCC(O)C2CC21. The van der Waals surface area contributed by atoms with Crippen molar-refractivity contribution in [1.82, 2.24) is 4.90 Å². The average molecular weight is 141 g/mol. The van der Waals surface area contributed by atoms with Crippen LogP contribution in [0.15, 0.2) is 0 Å². The summed E-state index contributed by atoms with van der Waals surface area (Å²) >= 11 is 0. The largest absolute Gasteiger partial charge is 0.393 e. The first-order chi connectivity index (χ1) is 4.79. The predicted molar refractivity (Wildman–Crippen MR) is 39.8 cm³/mol. The van der Waals surface area contributed by atoms with Crippen LogP contribution in [0, 0.1) is 5.92 Å². The van der Waals surface area contributed by atoms with E-state index in [1.165, 1.54) is 19.4 Å². The fraction of sp³-hybridized carbons (Fsp3) is 1.00. The molecule has 10 heavy (non-hydrogen) atoms. The molecule has 3 unspecified atom stereocenters. The van der Waals surface area contributed by atoms with Crippen LogP contribution < -0.4 is 0 Å². The lowest BCUT2D eigenvalue weighted by atomic mass is 10.1. The Bertz CT molecular complexity index is 123. The number of aliphatic hydroxyl groups excluding tert-OH is 1. The Kier molecular flexibility index (Phi) is 1.46. The number of likely N-dealkylation sites (tertiary alicyclic amines) is 1. The second kappa shape index (κ2) is 2.21. The lowest BCUT2D eigenvalue weighted by molar-refractivity contribution is 0.141. The topological polar surface area (TPSA) is 23.5 Å². The maximum absolute atomic E-state index is 9.49. The van der Waals surface area contributed by atoms with Crippen LogP contribution in [-0.4, -0.2) is 35.7 Å². The van der Waals surface area contributed by atoms with E-state index < -0.39 is 0 Å². The quantitative estimate of drug-likeness (QED) is 0.530. The number of fused-ring (bicyclic) bond motifs is 1. The minimum absolute atomic E-state index is 0.00921. The van der Waals surface area contributed by atoms with Crippen molar-refractivity contribution in [2.24, 2.45) is 5.92 Å². The number of nitrogens with zero attached hydrogens (tertiary/aromatic N) is 1. The highest BCUT2D eigenvalue weighted by molar-refractivity contribution is 4.99. The van der Waals surface area contributed by atoms with E-state index in [-0.39, 0.29) is 6.10 Å². The molecular formula is C8H15NO. The first kappa shape index (κ1) is 6.62. The number of hydrogen-bond acceptors (Lipinski definition) is 2. The van der Waals surface area contributed by atoms with Gasteiger partial charge in [0.2, 0.25) is 0 Å². The van der Waals surface area contributed by atoms with Crippen LogP contribution in [0.5, 0.6) is 0 Å². The van der Waals surface area contributed by atoms with E-state index in [1.807, 2.05) is 0 Å². The molecule has 0 aromatic heterocycles. The molecule has 0 aromatic carbocycles. The van der Waals surface area contributed by atoms with Gasteiger partial charge >= 0.3 is 0 Å². The molecule has 1 saturated heterocycles. The van der Waals surface area contributed by atoms with Gasteiger partial charge in [-0.3, -0.25) is 0 Å². The van der Waals surface area contributed by atoms with E-state index in [9.17, 15) is 5.11 Å². The molecule has 0 radical (unpaired) electrons. The van der Waals surface area contributed by atoms with E-state index in [0.29, 0.717) is 5.92 Å². The number of aliphatic hydroxyl groups is 1. The Labute approximate surface area is 61.8 Å². The van der Waals surface area contributed by atoms with Gasteiger partial charge in [-0.1, -0.05) is 0 Å². The van der Waals surface area contributed by atoms with E-state index >= 15 is 0 Å². The second-order valence-corrected chi connectivity index (χ2v) is 3.66. The van der Waals surface area contributed by atoms with Crippen molar-refractivity contribution >= 4 is 0 Å². The average Bonchev–Trinajstić information content (AvgIpc) is 2.63. The highest BCUT2D eigenvalue weighted by atomic mass is 16.3. The van der Waals surface area contributed by atoms with Gasteiger partial charge in [-0.2, -0.15) is 0 Å². The van der Waals surface area contributed by atoms with Gasteiger partial charge < -0.3 is 10.0 Å². The third-order valence-electron chi connectivity index (χ3n) is 2.88. The molecule has 1 N–H and O–H groups in total. The maximum atomic E-state index is 9.49. The molecule has 2 nitrogen and oxygen atoms in total. The van der Waals surface area contributed by atoms with Crippen molar-refractivity contribution in [3.63, 3.8) is 0 Å². The lowest BCUT2D eigenvalue weighted by Crippen LogP contribution is -2.22. The van der Waals surface area contributed by atoms with Crippen LogP contribution in [0.2, 0.25) is 0 Å². The van der Waals surface area contributed by atoms with Gasteiger partial charge in [0.15, 0.2) is 0 Å². The molecule has 0 spiro atoms. The predicted octanol–water partition coefficient (Wildman–Crippen LogP) is 0.461. The molecule has 0 bridgehead atoms. The molecule has 0 amide bonds. The van der Waals surface area contributed by atoms with Gasteiger partial charge in [0.25, 0.3) is 0 Å². The van der Waals surface area contributed by atoms with Gasteiger partial charge in [0.05, 0.1) is 6.10 Å². The molecule has 58 valence electrons. The number of rotatable bonds is 0. The summed E-state index contributed by atoms with van der Waals surface area (Å²) in [6.07, 6.45) is 3.43. The van der Waals surface area contributed by atoms with E-state index in [4.69, 9.17) is 0 Å². The Morgan fingerprint density at radius 2 is 2.30 bits per heavy atom. The van der Waals surface area contributed by atoms with Crippen molar-refractivity contribution in [2.45, 2.75) is 31.4 Å². The molecule has 3 atom stereocenters. The van der Waals surface area contributed by atoms with Crippen molar-refractivity contribution in [2.75, 3.05) is 13.6 Å². The van der Waals surface area contributed by atoms with E-state index in [1.54, 1.807) is 0 Å². The van der Waals surface area contributed by atoms with Crippen molar-refractivity contribution in [1.29, 1.82) is 0 Å². The zero-order valence-corrected chi connectivity index (χ0v) is 6.45. The zero-order valence-electron chi connectivity index (χ0n) is 6.45. The molecule has 1 heterocycles. The van der Waals surface area contributed by atoms with Gasteiger partial charge in [0, 0.05) is 12.0 Å². The highest BCUT2D eigenvalue weighted by Gasteiger charge is 2.45. The Hall–Kier alpha value is -0.0800. The summed E-state index contributed by atoms with van der Waals surface area (Å²) in [5.41, 5.74) is 0. The first-order valence-electron chi connectivity index (χ1n) is 4.17. The lowest BCUT2D eigenvalue weighted by Gasteiger charge is -2.12. The van der Waals surface area contributed by atoms with Crippen LogP contribution in [0.3, 0.4) is 0 Å². The molecule has 1 aliphatic heterocycles.